The third-order valence-electron chi connectivity index (χ3n) is 2.34. The van der Waals surface area contributed by atoms with E-state index in [1.807, 2.05) is 12.3 Å². The van der Waals surface area contributed by atoms with Crippen molar-refractivity contribution in [3.8, 4) is 0 Å². The standard InChI is InChI=1S/C12H12N2O2S2/c1-7-5-8(2)14-11(10(7)12(15)16)18-6-9-13-3-4-17-9/h3-5H,6H2,1-2H3,(H,15,16). The molecule has 0 spiro atoms. The highest BCUT2D eigenvalue weighted by Crippen LogP contribution is 2.27. The van der Waals surface area contributed by atoms with Crippen LogP contribution in [0.1, 0.15) is 26.6 Å². The molecular formula is C12H12N2O2S2. The van der Waals surface area contributed by atoms with E-state index < -0.39 is 5.97 Å². The van der Waals surface area contributed by atoms with Crippen molar-refractivity contribution in [1.29, 1.82) is 0 Å². The Labute approximate surface area is 113 Å². The number of carbonyl (C=O) groups is 1. The molecule has 0 amide bonds. The Hall–Kier alpha value is -1.40. The number of hydrogen-bond acceptors (Lipinski definition) is 5. The van der Waals surface area contributed by atoms with E-state index in [4.69, 9.17) is 0 Å². The third-order valence-corrected chi connectivity index (χ3v) is 4.29. The van der Waals surface area contributed by atoms with E-state index in [1.165, 1.54) is 11.8 Å². The van der Waals surface area contributed by atoms with Crippen LogP contribution in [0.5, 0.6) is 0 Å². The van der Waals surface area contributed by atoms with E-state index in [1.54, 1.807) is 30.5 Å². The number of hydrogen-bond donors (Lipinski definition) is 1. The summed E-state index contributed by atoms with van der Waals surface area (Å²) >= 11 is 2.98. The molecule has 18 heavy (non-hydrogen) atoms. The van der Waals surface area contributed by atoms with Crippen LogP contribution in [0.3, 0.4) is 0 Å². The smallest absolute Gasteiger partial charge is 0.338 e. The molecule has 0 fully saturated rings. The van der Waals surface area contributed by atoms with Gasteiger partial charge in [-0.25, -0.2) is 14.8 Å². The van der Waals surface area contributed by atoms with Crippen molar-refractivity contribution < 1.29 is 9.90 Å². The number of nitrogens with zero attached hydrogens (tertiary/aromatic N) is 2. The number of pyridine rings is 1. The summed E-state index contributed by atoms with van der Waals surface area (Å²) in [5.74, 6) is -0.282. The van der Waals surface area contributed by atoms with Gasteiger partial charge >= 0.3 is 5.97 Å². The van der Waals surface area contributed by atoms with Crippen molar-refractivity contribution in [3.63, 3.8) is 0 Å². The molecule has 6 heteroatoms. The van der Waals surface area contributed by atoms with Gasteiger partial charge in [-0.2, -0.15) is 0 Å². The van der Waals surface area contributed by atoms with E-state index in [9.17, 15) is 9.90 Å². The summed E-state index contributed by atoms with van der Waals surface area (Å²) < 4.78 is 0. The predicted molar refractivity (Wildman–Crippen MR) is 72.3 cm³/mol. The largest absolute Gasteiger partial charge is 0.478 e. The Bertz CT molecular complexity index is 568. The average molecular weight is 280 g/mol. The van der Waals surface area contributed by atoms with Crippen LogP contribution in [0.2, 0.25) is 0 Å². The van der Waals surface area contributed by atoms with Gasteiger partial charge < -0.3 is 5.11 Å². The van der Waals surface area contributed by atoms with Gasteiger partial charge in [-0.1, -0.05) is 11.8 Å². The van der Waals surface area contributed by atoms with Crippen LogP contribution < -0.4 is 0 Å². The van der Waals surface area contributed by atoms with Crippen molar-refractivity contribution in [2.75, 3.05) is 0 Å². The van der Waals surface area contributed by atoms with Gasteiger partial charge in [0.25, 0.3) is 0 Å². The number of aromatic nitrogens is 2. The molecule has 94 valence electrons. The monoisotopic (exact) mass is 280 g/mol. The van der Waals surface area contributed by atoms with Crippen LogP contribution in [-0.4, -0.2) is 21.0 Å². The number of aryl methyl sites for hydroxylation is 2. The summed E-state index contributed by atoms with van der Waals surface area (Å²) in [6.07, 6.45) is 1.74. The maximum atomic E-state index is 11.2. The molecule has 0 saturated heterocycles. The van der Waals surface area contributed by atoms with Crippen LogP contribution in [0.25, 0.3) is 0 Å². The highest BCUT2D eigenvalue weighted by Gasteiger charge is 2.16. The lowest BCUT2D eigenvalue weighted by Crippen LogP contribution is -2.05. The van der Waals surface area contributed by atoms with Crippen molar-refractivity contribution >= 4 is 29.1 Å². The Morgan fingerprint density at radius 2 is 2.28 bits per heavy atom. The summed E-state index contributed by atoms with van der Waals surface area (Å²) in [5.41, 5.74) is 1.87. The zero-order valence-corrected chi connectivity index (χ0v) is 11.6. The van der Waals surface area contributed by atoms with Crippen molar-refractivity contribution in [2.24, 2.45) is 0 Å². The lowest BCUT2D eigenvalue weighted by atomic mass is 10.1. The lowest BCUT2D eigenvalue weighted by Gasteiger charge is -2.08. The number of thiazole rings is 1. The first-order chi connectivity index (χ1) is 8.58. The zero-order valence-electron chi connectivity index (χ0n) is 10.0. The number of rotatable bonds is 4. The van der Waals surface area contributed by atoms with Gasteiger partial charge in [0.2, 0.25) is 0 Å². The van der Waals surface area contributed by atoms with Gasteiger partial charge in [-0.3, -0.25) is 0 Å². The summed E-state index contributed by atoms with van der Waals surface area (Å²) in [6, 6.07) is 1.79. The van der Waals surface area contributed by atoms with Crippen LogP contribution in [0.4, 0.5) is 0 Å². The minimum atomic E-state index is -0.929. The van der Waals surface area contributed by atoms with Crippen LogP contribution >= 0.6 is 23.1 Å². The highest BCUT2D eigenvalue weighted by molar-refractivity contribution is 7.98. The maximum Gasteiger partial charge on any atom is 0.338 e. The predicted octanol–water partition coefficient (Wildman–Crippen LogP) is 3.15. The Morgan fingerprint density at radius 1 is 1.50 bits per heavy atom. The number of thioether (sulfide) groups is 1. The Morgan fingerprint density at radius 3 is 2.89 bits per heavy atom. The first kappa shape index (κ1) is 13.0. The molecule has 0 aliphatic rings. The SMILES string of the molecule is Cc1cc(C)c(C(=O)O)c(SCc2nccs2)n1. The minimum Gasteiger partial charge on any atom is -0.478 e. The van der Waals surface area contributed by atoms with E-state index >= 15 is 0 Å². The van der Waals surface area contributed by atoms with E-state index in [-0.39, 0.29) is 0 Å². The second-order valence-corrected chi connectivity index (χ2v) is 5.72. The van der Waals surface area contributed by atoms with Gasteiger partial charge in [0.15, 0.2) is 0 Å². The van der Waals surface area contributed by atoms with Gasteiger partial charge in [0.1, 0.15) is 10.0 Å². The molecule has 2 aromatic heterocycles. The molecule has 0 atom stereocenters. The molecule has 0 radical (unpaired) electrons. The van der Waals surface area contributed by atoms with Crippen LogP contribution in [0, 0.1) is 13.8 Å². The minimum absolute atomic E-state index is 0.294. The zero-order chi connectivity index (χ0) is 13.1. The normalized spacial score (nSPS) is 10.6. The maximum absolute atomic E-state index is 11.2. The van der Waals surface area contributed by atoms with Gasteiger partial charge in [-0.15, -0.1) is 11.3 Å². The third kappa shape index (κ3) is 2.88. The highest BCUT2D eigenvalue weighted by atomic mass is 32.2. The Kier molecular flexibility index (Phi) is 3.98. The van der Waals surface area contributed by atoms with Crippen molar-refractivity contribution in [3.05, 3.63) is 39.5 Å². The summed E-state index contributed by atoms with van der Waals surface area (Å²) in [5, 5.41) is 12.7. The van der Waals surface area contributed by atoms with Crippen molar-refractivity contribution in [2.45, 2.75) is 24.6 Å². The van der Waals surface area contributed by atoms with Crippen LogP contribution in [0.15, 0.2) is 22.7 Å². The number of carboxylic acid groups (broad SMARTS) is 1. The van der Waals surface area contributed by atoms with Crippen LogP contribution in [-0.2, 0) is 5.75 Å². The molecule has 0 aromatic carbocycles. The molecule has 2 aromatic rings. The first-order valence-corrected chi connectivity index (χ1v) is 7.17. The fraction of sp³-hybridized carbons (Fsp3) is 0.250. The second-order valence-electron chi connectivity index (χ2n) is 3.78. The molecular weight excluding hydrogens is 268 g/mol. The molecule has 0 saturated carbocycles. The molecule has 1 N–H and O–H groups in total. The topological polar surface area (TPSA) is 63.1 Å². The van der Waals surface area contributed by atoms with Gasteiger partial charge in [0.05, 0.1) is 11.3 Å². The molecule has 0 bridgehead atoms. The average Bonchev–Trinajstić information content (AvgIpc) is 2.77. The number of aromatic carboxylic acids is 1. The quantitative estimate of drug-likeness (QED) is 0.872. The van der Waals surface area contributed by atoms with Crippen molar-refractivity contribution in [1.82, 2.24) is 9.97 Å². The van der Waals surface area contributed by atoms with Gasteiger partial charge in [-0.05, 0) is 25.5 Å². The fourth-order valence-corrected chi connectivity index (χ4v) is 3.41. The molecule has 0 aliphatic carbocycles. The molecule has 0 unspecified atom stereocenters. The summed E-state index contributed by atoms with van der Waals surface area (Å²) in [4.78, 5) is 19.7. The molecule has 2 rings (SSSR count). The Balaban J connectivity index is 2.28. The van der Waals surface area contributed by atoms with Gasteiger partial charge in [0, 0.05) is 17.3 Å². The van der Waals surface area contributed by atoms with E-state index in [0.717, 1.165) is 16.3 Å². The first-order valence-electron chi connectivity index (χ1n) is 5.30. The lowest BCUT2D eigenvalue weighted by molar-refractivity contribution is 0.0691. The molecule has 0 aliphatic heterocycles. The molecule has 4 nitrogen and oxygen atoms in total. The number of carboxylic acids is 1. The fourth-order valence-electron chi connectivity index (χ4n) is 1.62. The van der Waals surface area contributed by atoms with E-state index in [2.05, 4.69) is 9.97 Å². The summed E-state index contributed by atoms with van der Waals surface area (Å²) in [6.45, 7) is 3.66. The molecule has 2 heterocycles. The second kappa shape index (κ2) is 5.49. The van der Waals surface area contributed by atoms with E-state index in [0.29, 0.717) is 16.3 Å². The summed E-state index contributed by atoms with van der Waals surface area (Å²) in [7, 11) is 0.